The Balaban J connectivity index is 1.48. The van der Waals surface area contributed by atoms with Crippen LogP contribution in [0, 0.1) is 0 Å². The molecule has 5 heteroatoms. The average molecular weight is 958 g/mol. The summed E-state index contributed by atoms with van der Waals surface area (Å²) in [6, 6.07) is 23.6. The fourth-order valence-corrected chi connectivity index (χ4v) is 56.8. The topological polar surface area (TPSA) is 9.23 Å². The Morgan fingerprint density at radius 3 is 1.53 bits per heavy atom. The molecule has 3 aliphatic carbocycles. The first-order valence-electron chi connectivity index (χ1n) is 20.6. The third-order valence-electron chi connectivity index (χ3n) is 13.4. The Bertz CT molecular complexity index is 2250. The number of ether oxygens (including phenoxy) is 1. The number of fused-ring (bicyclic) bond motifs is 3. The maximum atomic E-state index is 8.85. The van der Waals surface area contributed by atoms with Gasteiger partial charge >= 0.3 is 344 Å². The molecule has 4 aromatic carbocycles. The summed E-state index contributed by atoms with van der Waals surface area (Å²) in [7, 11) is 19.5. The molecule has 0 aliphatic heterocycles. The Morgan fingerprint density at radius 2 is 1.09 bits per heavy atom. The molecular weight excluding hydrogens is 894 g/mol. The number of halogens is 2. The van der Waals surface area contributed by atoms with Gasteiger partial charge in [0, 0.05) is 0 Å². The SMILES string of the molecule is COc1c(C(C)(C)C)cc2c(c1-c1ccc(C(C)(C)C)cc1)C=C(C)[CH]2[Hf]([Cl])([Cl])([CH]1C(C)=Cc2c1cc1c(c2-c2ccc(C(C)(C)C)cc2)CCC1)[SiH](C)C. The molecule has 2 atom stereocenters. The summed E-state index contributed by atoms with van der Waals surface area (Å²) < 4.78 is 6.50. The first-order valence-corrected chi connectivity index (χ1v) is 42.7. The second-order valence-corrected chi connectivity index (χ2v) is 79.8. The van der Waals surface area contributed by atoms with Crippen LogP contribution in [0.4, 0.5) is 0 Å². The Hall–Kier alpha value is -2.17. The molecule has 0 radical (unpaired) electrons. The third-order valence-corrected chi connectivity index (χ3v) is 86.9. The van der Waals surface area contributed by atoms with Gasteiger partial charge in [0.2, 0.25) is 0 Å². The fraction of sp³-hybridized carbons (Fsp3) is 0.440. The summed E-state index contributed by atoms with van der Waals surface area (Å²) >= 11 is -5.14. The number of benzene rings is 4. The van der Waals surface area contributed by atoms with Gasteiger partial charge in [0.25, 0.3) is 0 Å². The summed E-state index contributed by atoms with van der Waals surface area (Å²) in [4.78, 5) is 0. The van der Waals surface area contributed by atoms with E-state index in [0.29, 0.717) is 0 Å². The van der Waals surface area contributed by atoms with Gasteiger partial charge in [-0.1, -0.05) is 0 Å². The second kappa shape index (κ2) is 13.7. The van der Waals surface area contributed by atoms with E-state index in [0.717, 1.165) is 18.6 Å². The molecule has 4 aromatic rings. The van der Waals surface area contributed by atoms with Crippen LogP contribution in [0.5, 0.6) is 5.75 Å². The maximum absolute atomic E-state index is 8.85. The summed E-state index contributed by atoms with van der Waals surface area (Å²) in [6.45, 7) is 30.2. The van der Waals surface area contributed by atoms with E-state index in [1.807, 2.05) is 7.11 Å². The van der Waals surface area contributed by atoms with E-state index in [9.17, 15) is 0 Å². The van der Waals surface area contributed by atoms with Crippen LogP contribution in [-0.4, -0.2) is 13.1 Å². The van der Waals surface area contributed by atoms with Crippen molar-refractivity contribution in [3.05, 3.63) is 122 Å². The van der Waals surface area contributed by atoms with Crippen LogP contribution in [0.3, 0.4) is 0 Å². The number of hydrogen-bond acceptors (Lipinski definition) is 1. The molecule has 0 fully saturated rings. The van der Waals surface area contributed by atoms with E-state index in [4.69, 9.17) is 21.9 Å². The zero-order valence-electron chi connectivity index (χ0n) is 35.9. The van der Waals surface area contributed by atoms with E-state index >= 15 is 0 Å². The number of rotatable bonds is 6. The van der Waals surface area contributed by atoms with Crippen molar-refractivity contribution in [3.8, 4) is 28.0 Å². The Labute approximate surface area is 341 Å². The van der Waals surface area contributed by atoms with E-state index in [-0.39, 0.29) is 23.6 Å². The standard InChI is InChI=1S/C25H31O.C23H25.C2H7Si.2ClH.Hf/c1-16-13-18-15-21(25(5,6)7)23(26-8)22(20(18)14-16)17-9-11-19(12-10-17)24(2,3)4;1-15-12-18-14-17-6-5-7-20(17)22(21(18)13-15)16-8-10-19(11-9-16)23(2,3)4;1-3-2;;;/h9-15H,1-8H3;8-14H,5-7H2,1-4H3;3H,1-2H3;2*1H;/q;;;;;+2/p-2. The Morgan fingerprint density at radius 1 is 0.636 bits per heavy atom. The van der Waals surface area contributed by atoms with Crippen molar-refractivity contribution in [2.75, 3.05) is 7.11 Å². The van der Waals surface area contributed by atoms with Gasteiger partial charge < -0.3 is 0 Å². The van der Waals surface area contributed by atoms with Crippen molar-refractivity contribution in [1.29, 1.82) is 0 Å². The summed E-state index contributed by atoms with van der Waals surface area (Å²) in [5, 5.41) is 0. The van der Waals surface area contributed by atoms with Crippen LogP contribution >= 0.6 is 17.2 Å². The number of allylic oxidation sites excluding steroid dienone is 2. The van der Waals surface area contributed by atoms with Crippen LogP contribution in [0.1, 0.15) is 140 Å². The van der Waals surface area contributed by atoms with E-state index < -0.39 is 21.3 Å². The first kappa shape index (κ1) is 41.0. The van der Waals surface area contributed by atoms with Crippen molar-refractivity contribution in [1.82, 2.24) is 0 Å². The molecule has 0 bridgehead atoms. The van der Waals surface area contributed by atoms with Crippen molar-refractivity contribution < 1.29 is 20.0 Å². The molecule has 0 spiro atoms. The van der Waals surface area contributed by atoms with E-state index in [1.165, 1.54) is 89.9 Å². The molecule has 0 amide bonds. The molecule has 0 saturated heterocycles. The fourth-order valence-electron chi connectivity index (χ4n) is 10.3. The van der Waals surface area contributed by atoms with Gasteiger partial charge in [-0.2, -0.15) is 0 Å². The molecule has 0 saturated carbocycles. The summed E-state index contributed by atoms with van der Waals surface area (Å²) in [6.07, 6.45) is 8.37. The summed E-state index contributed by atoms with van der Waals surface area (Å²) in [5.74, 6) is -0.749. The van der Waals surface area contributed by atoms with Crippen LogP contribution in [-0.2, 0) is 44.4 Å². The van der Waals surface area contributed by atoms with Crippen LogP contribution < -0.4 is 4.74 Å². The predicted octanol–water partition coefficient (Wildman–Crippen LogP) is 15.0. The molecular formula is C50H63Cl2HfOSi. The minimum atomic E-state index is -5.14. The van der Waals surface area contributed by atoms with Crippen molar-refractivity contribution >= 4 is 35.3 Å². The molecule has 55 heavy (non-hydrogen) atoms. The van der Waals surface area contributed by atoms with Crippen molar-refractivity contribution in [2.45, 2.75) is 132 Å². The Kier molecular flexibility index (Phi) is 10.2. The van der Waals surface area contributed by atoms with Crippen molar-refractivity contribution in [3.63, 3.8) is 0 Å². The van der Waals surface area contributed by atoms with Crippen LogP contribution in [0.15, 0.2) is 71.8 Å². The number of aryl methyl sites for hydroxylation is 1. The molecule has 0 N–H and O–H groups in total. The zero-order valence-corrected chi connectivity index (χ0v) is 42.2. The van der Waals surface area contributed by atoms with Crippen molar-refractivity contribution in [2.24, 2.45) is 0 Å². The zero-order chi connectivity index (χ0) is 40.2. The average Bonchev–Trinajstić information content (AvgIpc) is 3.79. The van der Waals surface area contributed by atoms with Gasteiger partial charge in [-0.05, 0) is 0 Å². The second-order valence-electron chi connectivity index (χ2n) is 20.5. The van der Waals surface area contributed by atoms with Crippen LogP contribution in [0.2, 0.25) is 13.1 Å². The predicted molar refractivity (Wildman–Crippen MR) is 242 cm³/mol. The molecule has 7 rings (SSSR count). The molecule has 0 heterocycles. The van der Waals surface area contributed by atoms with Gasteiger partial charge in [-0.25, -0.2) is 0 Å². The monoisotopic (exact) mass is 957 g/mol. The number of methoxy groups -OCH3 is 1. The quantitative estimate of drug-likeness (QED) is 0.175. The molecule has 291 valence electrons. The normalized spacial score (nSPS) is 19.1. The third kappa shape index (κ3) is 6.58. The van der Waals surface area contributed by atoms with Gasteiger partial charge in [0.05, 0.1) is 0 Å². The van der Waals surface area contributed by atoms with Gasteiger partial charge in [-0.3, -0.25) is 0 Å². The van der Waals surface area contributed by atoms with E-state index in [2.05, 4.69) is 162 Å². The van der Waals surface area contributed by atoms with Gasteiger partial charge in [-0.15, -0.1) is 0 Å². The molecule has 1 nitrogen and oxygen atoms in total. The van der Waals surface area contributed by atoms with E-state index in [1.54, 1.807) is 0 Å². The molecule has 3 aliphatic rings. The number of hydrogen-bond donors (Lipinski definition) is 0. The van der Waals surface area contributed by atoms with Gasteiger partial charge in [0.15, 0.2) is 0 Å². The first-order chi connectivity index (χ1) is 25.5. The molecule has 0 aromatic heterocycles. The van der Waals surface area contributed by atoms with Gasteiger partial charge in [0.1, 0.15) is 0 Å². The minimum absolute atomic E-state index is 0.0173. The summed E-state index contributed by atoms with van der Waals surface area (Å²) in [5.41, 5.74) is 20.0. The van der Waals surface area contributed by atoms with Crippen LogP contribution in [0.25, 0.3) is 34.4 Å². The molecule has 2 unspecified atom stereocenters.